The van der Waals surface area contributed by atoms with E-state index in [9.17, 15) is 0 Å². The molecule has 3 nitrogen and oxygen atoms in total. The van der Waals surface area contributed by atoms with Crippen LogP contribution in [0.2, 0.25) is 0 Å². The lowest BCUT2D eigenvalue weighted by Gasteiger charge is -2.13. The van der Waals surface area contributed by atoms with Crippen molar-refractivity contribution in [2.45, 2.75) is 38.5 Å². The third-order valence-corrected chi connectivity index (χ3v) is 4.52. The summed E-state index contributed by atoms with van der Waals surface area (Å²) in [5, 5.41) is 6.09. The maximum atomic E-state index is 5.53. The molecule has 3 aromatic rings. The van der Waals surface area contributed by atoms with E-state index in [4.69, 9.17) is 10.7 Å². The summed E-state index contributed by atoms with van der Waals surface area (Å²) in [6.07, 6.45) is 7.51. The molecule has 0 aliphatic heterocycles. The smallest absolute Gasteiger partial charge is 0.0730 e. The highest BCUT2D eigenvalue weighted by molar-refractivity contribution is 6.07. The van der Waals surface area contributed by atoms with Crippen molar-refractivity contribution in [1.29, 1.82) is 0 Å². The van der Waals surface area contributed by atoms with Gasteiger partial charge in [-0.1, -0.05) is 62.1 Å². The van der Waals surface area contributed by atoms with Gasteiger partial charge in [-0.2, -0.15) is 0 Å². The average Bonchev–Trinajstić information content (AvgIpc) is 2.63. The van der Waals surface area contributed by atoms with Gasteiger partial charge in [-0.15, -0.1) is 0 Å². The van der Waals surface area contributed by atoms with Crippen molar-refractivity contribution in [3.8, 4) is 0 Å². The predicted octanol–water partition coefficient (Wildman–Crippen LogP) is 5.10. The Hall–Kier alpha value is -2.13. The van der Waals surface area contributed by atoms with Crippen LogP contribution in [0.15, 0.2) is 48.5 Å². The summed E-state index contributed by atoms with van der Waals surface area (Å²) in [6, 6.07) is 16.8. The van der Waals surface area contributed by atoms with Crippen LogP contribution in [0, 0.1) is 0 Å². The number of para-hydroxylation sites is 2. The Morgan fingerprint density at radius 2 is 1.25 bits per heavy atom. The molecule has 2 aromatic carbocycles. The molecule has 0 fully saturated rings. The van der Waals surface area contributed by atoms with Crippen molar-refractivity contribution >= 4 is 27.5 Å². The molecule has 3 heteroatoms. The fourth-order valence-corrected chi connectivity index (χ4v) is 3.22. The lowest BCUT2D eigenvalue weighted by molar-refractivity contribution is 0.606. The van der Waals surface area contributed by atoms with Crippen LogP contribution in [0.5, 0.6) is 0 Å². The van der Waals surface area contributed by atoms with E-state index < -0.39 is 0 Å². The van der Waals surface area contributed by atoms with Gasteiger partial charge in [0.2, 0.25) is 0 Å². The van der Waals surface area contributed by atoms with E-state index in [0.29, 0.717) is 0 Å². The topological polar surface area (TPSA) is 50.9 Å². The number of benzene rings is 2. The first-order valence-electron chi connectivity index (χ1n) is 9.11. The Labute approximate surface area is 144 Å². The number of fused-ring (bicyclic) bond motifs is 2. The highest BCUT2D eigenvalue weighted by Crippen LogP contribution is 2.30. The quantitative estimate of drug-likeness (QED) is 0.426. The van der Waals surface area contributed by atoms with Crippen molar-refractivity contribution in [2.24, 2.45) is 5.73 Å². The largest absolute Gasteiger partial charge is 0.384 e. The number of nitrogens with zero attached hydrogens (tertiary/aromatic N) is 1. The minimum Gasteiger partial charge on any atom is -0.384 e. The molecule has 0 aliphatic rings. The number of rotatable bonds is 9. The normalized spacial score (nSPS) is 11.2. The minimum atomic E-state index is 0.823. The van der Waals surface area contributed by atoms with Crippen LogP contribution < -0.4 is 11.1 Å². The molecular formula is C21H27N3. The highest BCUT2D eigenvalue weighted by Gasteiger charge is 2.07. The molecule has 0 bridgehead atoms. The zero-order valence-corrected chi connectivity index (χ0v) is 14.3. The average molecular weight is 321 g/mol. The van der Waals surface area contributed by atoms with E-state index in [1.165, 1.54) is 48.6 Å². The molecule has 0 aliphatic carbocycles. The number of anilines is 1. The number of nitrogens with one attached hydrogen (secondary N) is 1. The number of pyridine rings is 1. The van der Waals surface area contributed by atoms with Crippen molar-refractivity contribution in [2.75, 3.05) is 18.4 Å². The van der Waals surface area contributed by atoms with Crippen molar-refractivity contribution in [1.82, 2.24) is 4.98 Å². The van der Waals surface area contributed by atoms with Crippen molar-refractivity contribution in [3.05, 3.63) is 48.5 Å². The second kappa shape index (κ2) is 8.65. The number of aromatic nitrogens is 1. The van der Waals surface area contributed by atoms with Crippen LogP contribution in [0.3, 0.4) is 0 Å². The van der Waals surface area contributed by atoms with Gasteiger partial charge in [-0.05, 0) is 31.5 Å². The van der Waals surface area contributed by atoms with E-state index >= 15 is 0 Å². The molecule has 126 valence electrons. The Balaban J connectivity index is 1.66. The molecule has 0 atom stereocenters. The molecule has 1 aromatic heterocycles. The fraction of sp³-hybridized carbons (Fsp3) is 0.381. The van der Waals surface area contributed by atoms with E-state index in [-0.39, 0.29) is 0 Å². The van der Waals surface area contributed by atoms with Crippen LogP contribution in [-0.4, -0.2) is 18.1 Å². The molecule has 0 spiro atoms. The molecular weight excluding hydrogens is 294 g/mol. The molecule has 24 heavy (non-hydrogen) atoms. The Kier molecular flexibility index (Phi) is 6.02. The Bertz CT molecular complexity index is 728. The van der Waals surface area contributed by atoms with Gasteiger partial charge < -0.3 is 11.1 Å². The molecule has 0 radical (unpaired) electrons. The second-order valence-corrected chi connectivity index (χ2v) is 6.36. The molecule has 1 heterocycles. The third kappa shape index (κ3) is 4.04. The molecule has 3 N–H and O–H groups in total. The summed E-state index contributed by atoms with van der Waals surface area (Å²) in [7, 11) is 0. The summed E-state index contributed by atoms with van der Waals surface area (Å²) >= 11 is 0. The van der Waals surface area contributed by atoms with Crippen molar-refractivity contribution in [3.63, 3.8) is 0 Å². The van der Waals surface area contributed by atoms with Gasteiger partial charge >= 0.3 is 0 Å². The first-order valence-corrected chi connectivity index (χ1v) is 9.11. The molecule has 3 rings (SSSR count). The number of unbranched alkanes of at least 4 members (excludes halogenated alkanes) is 5. The SMILES string of the molecule is NCCCCCCCCNc1c2ccccc2nc2ccccc12. The van der Waals surface area contributed by atoms with Crippen LogP contribution in [0.4, 0.5) is 5.69 Å². The van der Waals surface area contributed by atoms with E-state index in [0.717, 1.165) is 30.5 Å². The molecule has 0 unspecified atom stereocenters. The number of nitrogens with two attached hydrogens (primary N) is 1. The third-order valence-electron chi connectivity index (χ3n) is 4.52. The van der Waals surface area contributed by atoms with E-state index in [1.807, 2.05) is 0 Å². The maximum absolute atomic E-state index is 5.53. The van der Waals surface area contributed by atoms with Gasteiger partial charge in [0, 0.05) is 17.3 Å². The van der Waals surface area contributed by atoms with Gasteiger partial charge in [0.05, 0.1) is 16.7 Å². The van der Waals surface area contributed by atoms with Gasteiger partial charge in [0.15, 0.2) is 0 Å². The lowest BCUT2D eigenvalue weighted by atomic mass is 10.1. The fourth-order valence-electron chi connectivity index (χ4n) is 3.22. The maximum Gasteiger partial charge on any atom is 0.0730 e. The van der Waals surface area contributed by atoms with Gasteiger partial charge in [0.1, 0.15) is 0 Å². The number of hydrogen-bond acceptors (Lipinski definition) is 3. The minimum absolute atomic E-state index is 0.823. The van der Waals surface area contributed by atoms with Crippen LogP contribution >= 0.6 is 0 Å². The van der Waals surface area contributed by atoms with Crippen LogP contribution in [-0.2, 0) is 0 Å². The zero-order valence-electron chi connectivity index (χ0n) is 14.3. The number of hydrogen-bond donors (Lipinski definition) is 2. The highest BCUT2D eigenvalue weighted by atomic mass is 14.9. The summed E-state index contributed by atoms with van der Waals surface area (Å²) < 4.78 is 0. The van der Waals surface area contributed by atoms with E-state index in [2.05, 4.69) is 53.8 Å². The summed E-state index contributed by atoms with van der Waals surface area (Å²) in [5.74, 6) is 0. The standard InChI is InChI=1S/C21H27N3/c22-15-9-3-1-2-4-10-16-23-21-17-11-5-7-13-19(17)24-20-14-8-6-12-18(20)21/h5-8,11-14H,1-4,9-10,15-16,22H2,(H,23,24). The van der Waals surface area contributed by atoms with Crippen LogP contribution in [0.25, 0.3) is 21.8 Å². The first-order chi connectivity index (χ1) is 11.9. The second-order valence-electron chi connectivity index (χ2n) is 6.36. The van der Waals surface area contributed by atoms with Gasteiger partial charge in [-0.25, -0.2) is 4.98 Å². The Morgan fingerprint density at radius 1 is 0.708 bits per heavy atom. The predicted molar refractivity (Wildman–Crippen MR) is 104 cm³/mol. The summed E-state index contributed by atoms with van der Waals surface area (Å²) in [5.41, 5.74) is 8.86. The molecule has 0 amide bonds. The van der Waals surface area contributed by atoms with Gasteiger partial charge in [0.25, 0.3) is 0 Å². The lowest BCUT2D eigenvalue weighted by Crippen LogP contribution is -2.03. The monoisotopic (exact) mass is 321 g/mol. The van der Waals surface area contributed by atoms with Gasteiger partial charge in [-0.3, -0.25) is 0 Å². The summed E-state index contributed by atoms with van der Waals surface area (Å²) in [6.45, 7) is 1.83. The molecule has 0 saturated carbocycles. The first kappa shape index (κ1) is 16.7. The Morgan fingerprint density at radius 3 is 1.88 bits per heavy atom. The van der Waals surface area contributed by atoms with E-state index in [1.54, 1.807) is 0 Å². The summed E-state index contributed by atoms with van der Waals surface area (Å²) in [4.78, 5) is 4.77. The van der Waals surface area contributed by atoms with Crippen molar-refractivity contribution < 1.29 is 0 Å². The van der Waals surface area contributed by atoms with Crippen LogP contribution in [0.1, 0.15) is 38.5 Å². The zero-order chi connectivity index (χ0) is 16.6. The molecule has 0 saturated heterocycles.